The van der Waals surface area contributed by atoms with Gasteiger partial charge in [0.05, 0.1) is 5.56 Å². The van der Waals surface area contributed by atoms with E-state index in [0.29, 0.717) is 17.1 Å². The molecule has 0 aromatic heterocycles. The Morgan fingerprint density at radius 2 is 1.67 bits per heavy atom. The highest BCUT2D eigenvalue weighted by atomic mass is 35.5. The molecule has 0 N–H and O–H groups in total. The molecule has 0 amide bonds. The third-order valence-corrected chi connectivity index (χ3v) is 3.51. The van der Waals surface area contributed by atoms with Crippen LogP contribution in [0.1, 0.15) is 10.4 Å². The van der Waals surface area contributed by atoms with Gasteiger partial charge in [-0.25, -0.2) is 4.39 Å². The van der Waals surface area contributed by atoms with E-state index >= 15 is 0 Å². The second kappa shape index (κ2) is 5.54. The number of benzene rings is 3. The van der Waals surface area contributed by atoms with Crippen molar-refractivity contribution in [1.29, 1.82) is 0 Å². The predicted octanol–water partition coefficient (Wildman–Crippen LogP) is 5.24. The van der Waals surface area contributed by atoms with Gasteiger partial charge in [-0.3, -0.25) is 4.79 Å². The van der Waals surface area contributed by atoms with Crippen LogP contribution in [0.25, 0.3) is 10.8 Å². The fraction of sp³-hybridized carbons (Fsp3) is 0. The minimum absolute atomic E-state index is 0.100. The summed E-state index contributed by atoms with van der Waals surface area (Å²) in [5, 5.41) is 2.24. The molecule has 0 fully saturated rings. The summed E-state index contributed by atoms with van der Waals surface area (Å²) in [6.45, 7) is 0. The summed E-state index contributed by atoms with van der Waals surface area (Å²) in [6, 6.07) is 15.1. The second-order valence-corrected chi connectivity index (χ2v) is 4.87. The van der Waals surface area contributed by atoms with Crippen LogP contribution in [-0.4, -0.2) is 6.29 Å². The molecule has 0 unspecified atom stereocenters. The second-order valence-electron chi connectivity index (χ2n) is 4.46. The van der Waals surface area contributed by atoms with Crippen molar-refractivity contribution in [3.05, 3.63) is 71.0 Å². The van der Waals surface area contributed by atoms with Crippen molar-refractivity contribution in [1.82, 2.24) is 0 Å². The van der Waals surface area contributed by atoms with Crippen LogP contribution in [0.15, 0.2) is 54.6 Å². The lowest BCUT2D eigenvalue weighted by Gasteiger charge is -2.11. The van der Waals surface area contributed by atoms with Crippen LogP contribution in [0.4, 0.5) is 4.39 Å². The quantitative estimate of drug-likeness (QED) is 0.618. The van der Waals surface area contributed by atoms with E-state index in [-0.39, 0.29) is 11.3 Å². The van der Waals surface area contributed by atoms with E-state index in [1.54, 1.807) is 18.2 Å². The van der Waals surface area contributed by atoms with Crippen molar-refractivity contribution < 1.29 is 13.9 Å². The SMILES string of the molecule is O=Cc1c(F)cccc1Oc1ccc(Cl)c2ccccc12. The van der Waals surface area contributed by atoms with Crippen molar-refractivity contribution in [3.63, 3.8) is 0 Å². The Hall–Kier alpha value is -2.39. The van der Waals surface area contributed by atoms with Crippen LogP contribution >= 0.6 is 11.6 Å². The van der Waals surface area contributed by atoms with Crippen LogP contribution < -0.4 is 4.74 Å². The number of carbonyl (C=O) groups is 1. The van der Waals surface area contributed by atoms with Crippen molar-refractivity contribution in [2.45, 2.75) is 0 Å². The van der Waals surface area contributed by atoms with Crippen LogP contribution in [0, 0.1) is 5.82 Å². The molecular weight excluding hydrogens is 291 g/mol. The molecule has 21 heavy (non-hydrogen) atoms. The lowest BCUT2D eigenvalue weighted by Crippen LogP contribution is -1.94. The van der Waals surface area contributed by atoms with Gasteiger partial charge in [0.15, 0.2) is 6.29 Å². The van der Waals surface area contributed by atoms with Crippen LogP contribution in [0.3, 0.4) is 0 Å². The van der Waals surface area contributed by atoms with Crippen LogP contribution in [-0.2, 0) is 0 Å². The average Bonchev–Trinajstić information content (AvgIpc) is 2.51. The number of fused-ring (bicyclic) bond motifs is 1. The summed E-state index contributed by atoms with van der Waals surface area (Å²) in [4.78, 5) is 11.0. The zero-order valence-corrected chi connectivity index (χ0v) is 11.6. The Morgan fingerprint density at radius 3 is 2.43 bits per heavy atom. The Kier molecular flexibility index (Phi) is 3.59. The van der Waals surface area contributed by atoms with E-state index in [2.05, 4.69) is 0 Å². The molecule has 0 spiro atoms. The Labute approximate surface area is 125 Å². The summed E-state index contributed by atoms with van der Waals surface area (Å²) >= 11 is 6.14. The fourth-order valence-corrected chi connectivity index (χ4v) is 2.39. The van der Waals surface area contributed by atoms with E-state index in [4.69, 9.17) is 16.3 Å². The number of halogens is 2. The topological polar surface area (TPSA) is 26.3 Å². The number of rotatable bonds is 3. The minimum atomic E-state index is -0.610. The molecule has 0 aliphatic carbocycles. The highest BCUT2D eigenvalue weighted by Gasteiger charge is 2.12. The molecule has 0 aliphatic heterocycles. The number of hydrogen-bond acceptors (Lipinski definition) is 2. The maximum atomic E-state index is 13.6. The van der Waals surface area contributed by atoms with Gasteiger partial charge in [-0.05, 0) is 24.3 Å². The third kappa shape index (κ3) is 2.48. The molecule has 0 aliphatic rings. The first-order chi connectivity index (χ1) is 10.2. The Bertz CT molecular complexity index is 830. The van der Waals surface area contributed by atoms with Crippen molar-refractivity contribution in [2.24, 2.45) is 0 Å². The molecule has 0 atom stereocenters. The van der Waals surface area contributed by atoms with Gasteiger partial charge >= 0.3 is 0 Å². The summed E-state index contributed by atoms with van der Waals surface area (Å²) in [5.41, 5.74) is -0.100. The van der Waals surface area contributed by atoms with Crippen molar-refractivity contribution in [2.75, 3.05) is 0 Å². The normalized spacial score (nSPS) is 10.6. The minimum Gasteiger partial charge on any atom is -0.456 e. The molecule has 4 heteroatoms. The zero-order valence-electron chi connectivity index (χ0n) is 10.8. The summed E-state index contributed by atoms with van der Waals surface area (Å²) in [7, 11) is 0. The Balaban J connectivity index is 2.13. The number of ether oxygens (including phenoxy) is 1. The fourth-order valence-electron chi connectivity index (χ4n) is 2.16. The summed E-state index contributed by atoms with van der Waals surface area (Å²) in [6.07, 6.45) is 0.447. The molecule has 0 saturated heterocycles. The smallest absolute Gasteiger partial charge is 0.156 e. The first-order valence-corrected chi connectivity index (χ1v) is 6.67. The molecule has 0 bridgehead atoms. The molecule has 3 aromatic rings. The van der Waals surface area contributed by atoms with Crippen molar-refractivity contribution in [3.8, 4) is 11.5 Å². The largest absolute Gasteiger partial charge is 0.456 e. The first kappa shape index (κ1) is 13.6. The van der Waals surface area contributed by atoms with Gasteiger partial charge in [0, 0.05) is 15.8 Å². The number of carbonyl (C=O) groups excluding carboxylic acids is 1. The van der Waals surface area contributed by atoms with Gasteiger partial charge in [-0.2, -0.15) is 0 Å². The molecule has 2 nitrogen and oxygen atoms in total. The monoisotopic (exact) mass is 300 g/mol. The highest BCUT2D eigenvalue weighted by molar-refractivity contribution is 6.35. The molecule has 0 saturated carbocycles. The van der Waals surface area contributed by atoms with E-state index in [9.17, 15) is 9.18 Å². The number of aldehydes is 1. The van der Waals surface area contributed by atoms with Crippen LogP contribution in [0.5, 0.6) is 11.5 Å². The van der Waals surface area contributed by atoms with E-state index < -0.39 is 5.82 Å². The zero-order chi connectivity index (χ0) is 14.8. The lowest BCUT2D eigenvalue weighted by atomic mass is 10.1. The van der Waals surface area contributed by atoms with Crippen molar-refractivity contribution >= 4 is 28.7 Å². The first-order valence-electron chi connectivity index (χ1n) is 6.29. The summed E-state index contributed by atoms with van der Waals surface area (Å²) in [5.74, 6) is 0.0851. The molecule has 3 aromatic carbocycles. The van der Waals surface area contributed by atoms with Gasteiger partial charge in [-0.1, -0.05) is 41.9 Å². The van der Waals surface area contributed by atoms with E-state index in [0.717, 1.165) is 10.8 Å². The molecular formula is C17H10ClFO2. The summed E-state index contributed by atoms with van der Waals surface area (Å²) < 4.78 is 19.3. The maximum absolute atomic E-state index is 13.6. The van der Waals surface area contributed by atoms with Gasteiger partial charge < -0.3 is 4.74 Å². The standard InChI is InChI=1S/C17H10ClFO2/c18-14-8-9-17(12-5-2-1-4-11(12)14)21-16-7-3-6-15(19)13(16)10-20/h1-10H. The predicted molar refractivity (Wildman–Crippen MR) is 80.8 cm³/mol. The molecule has 0 radical (unpaired) electrons. The van der Waals surface area contributed by atoms with Crippen LogP contribution in [0.2, 0.25) is 5.02 Å². The lowest BCUT2D eigenvalue weighted by molar-refractivity contribution is 0.111. The third-order valence-electron chi connectivity index (χ3n) is 3.18. The van der Waals surface area contributed by atoms with Gasteiger partial charge in [0.2, 0.25) is 0 Å². The highest BCUT2D eigenvalue weighted by Crippen LogP contribution is 2.35. The number of hydrogen-bond donors (Lipinski definition) is 0. The van der Waals surface area contributed by atoms with Gasteiger partial charge in [0.25, 0.3) is 0 Å². The maximum Gasteiger partial charge on any atom is 0.156 e. The van der Waals surface area contributed by atoms with Gasteiger partial charge in [-0.15, -0.1) is 0 Å². The molecule has 0 heterocycles. The van der Waals surface area contributed by atoms with E-state index in [1.807, 2.05) is 24.3 Å². The van der Waals surface area contributed by atoms with E-state index in [1.165, 1.54) is 12.1 Å². The van der Waals surface area contributed by atoms with Gasteiger partial charge in [0.1, 0.15) is 17.3 Å². The Morgan fingerprint density at radius 1 is 0.905 bits per heavy atom. The molecule has 104 valence electrons. The molecule has 3 rings (SSSR count). The average molecular weight is 301 g/mol.